The normalized spacial score (nSPS) is 11.4. The van der Waals surface area contributed by atoms with Crippen LogP contribution in [0.25, 0.3) is 0 Å². The third kappa shape index (κ3) is 7.63. The number of para-hydroxylation sites is 2. The topological polar surface area (TPSA) is 48.1 Å². The van der Waals surface area contributed by atoms with Crippen molar-refractivity contribution in [2.75, 3.05) is 17.2 Å². The molecule has 0 saturated heterocycles. The van der Waals surface area contributed by atoms with E-state index in [-0.39, 0.29) is 6.04 Å². The van der Waals surface area contributed by atoms with Crippen molar-refractivity contribution in [1.29, 1.82) is 0 Å². The van der Waals surface area contributed by atoms with Crippen LogP contribution in [0.4, 0.5) is 11.4 Å². The van der Waals surface area contributed by atoms with E-state index in [0.717, 1.165) is 43.6 Å². The van der Waals surface area contributed by atoms with Crippen LogP contribution >= 0.6 is 24.4 Å². The summed E-state index contributed by atoms with van der Waals surface area (Å²) in [4.78, 5) is 0. The lowest BCUT2D eigenvalue weighted by Gasteiger charge is -2.21. The second-order valence-electron chi connectivity index (χ2n) is 6.89. The Morgan fingerprint density at radius 1 is 0.793 bits per heavy atom. The number of anilines is 2. The summed E-state index contributed by atoms with van der Waals surface area (Å²) in [6.07, 6.45) is 3.85. The fourth-order valence-electron chi connectivity index (χ4n) is 3.15. The minimum absolute atomic E-state index is 0.280. The molecule has 0 unspecified atom stereocenters. The van der Waals surface area contributed by atoms with Crippen molar-refractivity contribution in [2.45, 2.75) is 52.5 Å². The van der Waals surface area contributed by atoms with Gasteiger partial charge in [-0.2, -0.15) is 0 Å². The molecular weight excluding hydrogens is 396 g/mol. The molecule has 0 bridgehead atoms. The predicted molar refractivity (Wildman–Crippen MR) is 134 cm³/mol. The van der Waals surface area contributed by atoms with E-state index in [0.29, 0.717) is 10.2 Å². The maximum atomic E-state index is 5.52. The third-order valence-electron chi connectivity index (χ3n) is 4.90. The number of rotatable bonds is 9. The van der Waals surface area contributed by atoms with Gasteiger partial charge in [0.25, 0.3) is 0 Å². The molecule has 0 amide bonds. The largest absolute Gasteiger partial charge is 0.362 e. The lowest BCUT2D eigenvalue weighted by atomic mass is 10.1. The molecule has 0 saturated carbocycles. The van der Waals surface area contributed by atoms with E-state index in [1.54, 1.807) is 0 Å². The fourth-order valence-corrected chi connectivity index (χ4v) is 3.64. The van der Waals surface area contributed by atoms with Crippen LogP contribution in [0.1, 0.15) is 44.7 Å². The van der Waals surface area contributed by atoms with Gasteiger partial charge in [-0.3, -0.25) is 0 Å². The van der Waals surface area contributed by atoms with Crippen molar-refractivity contribution in [3.8, 4) is 0 Å². The van der Waals surface area contributed by atoms with Crippen molar-refractivity contribution >= 4 is 46.0 Å². The molecule has 0 fully saturated rings. The number of hydrogen-bond acceptors (Lipinski definition) is 2. The van der Waals surface area contributed by atoms with Crippen LogP contribution in [0.2, 0.25) is 0 Å². The van der Waals surface area contributed by atoms with Gasteiger partial charge in [-0.05, 0) is 73.4 Å². The highest BCUT2D eigenvalue weighted by Crippen LogP contribution is 2.16. The van der Waals surface area contributed by atoms with Crippen molar-refractivity contribution in [3.05, 3.63) is 59.7 Å². The Morgan fingerprint density at radius 2 is 1.31 bits per heavy atom. The summed E-state index contributed by atoms with van der Waals surface area (Å²) in [6, 6.07) is 16.8. The number of thiocarbonyl (C=S) groups is 2. The average Bonchev–Trinajstić information content (AvgIpc) is 2.73. The summed E-state index contributed by atoms with van der Waals surface area (Å²) in [5.41, 5.74) is 4.65. The highest BCUT2D eigenvalue weighted by atomic mass is 32.1. The quantitative estimate of drug-likeness (QED) is 0.409. The molecule has 0 radical (unpaired) electrons. The van der Waals surface area contributed by atoms with Gasteiger partial charge in [0, 0.05) is 24.0 Å². The Kier molecular flexibility index (Phi) is 9.88. The number of nitrogens with one attached hydrogen (secondary N) is 4. The van der Waals surface area contributed by atoms with Crippen molar-refractivity contribution < 1.29 is 0 Å². The first-order valence-corrected chi connectivity index (χ1v) is 11.2. The van der Waals surface area contributed by atoms with Crippen LogP contribution in [-0.2, 0) is 12.8 Å². The highest BCUT2D eigenvalue weighted by Gasteiger charge is 2.10. The average molecular weight is 429 g/mol. The summed E-state index contributed by atoms with van der Waals surface area (Å²) in [6.45, 7) is 7.23. The zero-order chi connectivity index (χ0) is 21.1. The summed E-state index contributed by atoms with van der Waals surface area (Å²) in [5, 5.41) is 14.7. The summed E-state index contributed by atoms with van der Waals surface area (Å²) < 4.78 is 0. The smallest absolute Gasteiger partial charge is 0.171 e. The van der Waals surface area contributed by atoms with Crippen molar-refractivity contribution in [2.24, 2.45) is 0 Å². The Bertz CT molecular complexity index is 807. The minimum Gasteiger partial charge on any atom is -0.362 e. The third-order valence-corrected chi connectivity index (χ3v) is 5.37. The van der Waals surface area contributed by atoms with E-state index in [1.165, 1.54) is 11.1 Å². The van der Waals surface area contributed by atoms with E-state index in [2.05, 4.69) is 72.4 Å². The lowest BCUT2D eigenvalue weighted by molar-refractivity contribution is 0.542. The molecule has 0 aliphatic carbocycles. The van der Waals surface area contributed by atoms with Crippen LogP contribution in [0.5, 0.6) is 0 Å². The number of hydrogen-bond donors (Lipinski definition) is 4. The SMILES string of the molecule is CCc1ccccc1NC(=S)NCC[C@@H](CC)NC(=S)Nc1ccccc1CC. The fraction of sp³-hybridized carbons (Fsp3) is 0.391. The summed E-state index contributed by atoms with van der Waals surface area (Å²) >= 11 is 11.0. The van der Waals surface area contributed by atoms with Crippen molar-refractivity contribution in [1.82, 2.24) is 10.6 Å². The van der Waals surface area contributed by atoms with Crippen LogP contribution < -0.4 is 21.3 Å². The van der Waals surface area contributed by atoms with Gasteiger partial charge in [0.05, 0.1) is 0 Å². The maximum absolute atomic E-state index is 5.52. The molecule has 0 aliphatic rings. The Labute approximate surface area is 185 Å². The molecule has 2 rings (SSSR count). The summed E-state index contributed by atoms with van der Waals surface area (Å²) in [7, 11) is 0. The van der Waals surface area contributed by atoms with Crippen LogP contribution in [0, 0.1) is 0 Å². The molecule has 1 atom stereocenters. The second-order valence-corrected chi connectivity index (χ2v) is 7.71. The monoisotopic (exact) mass is 428 g/mol. The number of benzene rings is 2. The first-order valence-electron chi connectivity index (χ1n) is 10.4. The van der Waals surface area contributed by atoms with Gasteiger partial charge < -0.3 is 21.3 Å². The first kappa shape index (κ1) is 23.1. The molecule has 0 aliphatic heterocycles. The zero-order valence-electron chi connectivity index (χ0n) is 17.5. The van der Waals surface area contributed by atoms with Crippen LogP contribution in [0.15, 0.2) is 48.5 Å². The van der Waals surface area contributed by atoms with E-state index in [1.807, 2.05) is 18.2 Å². The maximum Gasteiger partial charge on any atom is 0.171 e. The van der Waals surface area contributed by atoms with Gasteiger partial charge in [-0.25, -0.2) is 0 Å². The van der Waals surface area contributed by atoms with E-state index >= 15 is 0 Å². The van der Waals surface area contributed by atoms with Gasteiger partial charge in [-0.1, -0.05) is 57.2 Å². The van der Waals surface area contributed by atoms with E-state index < -0.39 is 0 Å². The Balaban J connectivity index is 1.78. The van der Waals surface area contributed by atoms with Gasteiger partial charge in [0.1, 0.15) is 0 Å². The van der Waals surface area contributed by atoms with Gasteiger partial charge >= 0.3 is 0 Å². The second kappa shape index (κ2) is 12.4. The van der Waals surface area contributed by atoms with Crippen LogP contribution in [0.3, 0.4) is 0 Å². The Morgan fingerprint density at radius 3 is 1.83 bits per heavy atom. The Hall–Kier alpha value is -2.18. The molecule has 0 aromatic heterocycles. The standard InChI is InChI=1S/C23H32N4S2/c1-4-17-11-7-9-13-20(17)26-22(28)24-16-15-19(6-3)25-23(29)27-21-14-10-8-12-18(21)5-2/h7-14,19H,4-6,15-16H2,1-3H3,(H2,24,26,28)(H2,25,27,29)/t19-/m1/s1. The van der Waals surface area contributed by atoms with E-state index in [9.17, 15) is 0 Å². The molecule has 0 heterocycles. The molecule has 2 aromatic carbocycles. The minimum atomic E-state index is 0.280. The first-order chi connectivity index (χ1) is 14.1. The van der Waals surface area contributed by atoms with Crippen LogP contribution in [-0.4, -0.2) is 22.8 Å². The van der Waals surface area contributed by atoms with E-state index in [4.69, 9.17) is 24.4 Å². The molecule has 156 valence electrons. The lowest BCUT2D eigenvalue weighted by Crippen LogP contribution is -2.40. The van der Waals surface area contributed by atoms with Crippen molar-refractivity contribution in [3.63, 3.8) is 0 Å². The molecule has 2 aromatic rings. The molecule has 29 heavy (non-hydrogen) atoms. The highest BCUT2D eigenvalue weighted by molar-refractivity contribution is 7.80. The molecule has 4 nitrogen and oxygen atoms in total. The summed E-state index contributed by atoms with van der Waals surface area (Å²) in [5.74, 6) is 0. The molecule has 6 heteroatoms. The van der Waals surface area contributed by atoms with Gasteiger partial charge in [-0.15, -0.1) is 0 Å². The molecular formula is C23H32N4S2. The van der Waals surface area contributed by atoms with Gasteiger partial charge in [0.2, 0.25) is 0 Å². The van der Waals surface area contributed by atoms with Gasteiger partial charge in [0.15, 0.2) is 10.2 Å². The predicted octanol–water partition coefficient (Wildman–Crippen LogP) is 5.25. The molecule has 4 N–H and O–H groups in total. The zero-order valence-corrected chi connectivity index (χ0v) is 19.2. The number of aryl methyl sites for hydroxylation is 2. The molecule has 0 spiro atoms.